The molecule has 12 heteroatoms. The molecule has 156 valence electrons. The van der Waals surface area contributed by atoms with Crippen molar-refractivity contribution in [1.29, 1.82) is 0 Å². The number of esters is 2. The van der Waals surface area contributed by atoms with E-state index in [1.165, 1.54) is 24.3 Å². The predicted molar refractivity (Wildman–Crippen MR) is 118 cm³/mol. The average Bonchev–Trinajstić information content (AvgIpc) is 2.63. The summed E-state index contributed by atoms with van der Waals surface area (Å²) < 4.78 is 11.3. The van der Waals surface area contributed by atoms with E-state index in [0.29, 0.717) is 8.95 Å². The Bertz CT molecular complexity index is 1010. The number of halogens is 4. The van der Waals surface area contributed by atoms with Gasteiger partial charge < -0.3 is 19.7 Å². The normalized spacial score (nSPS) is 10.7. The SMILES string of the molecule is O=C(/C=C\C(=O)Oc1c(Br)cc(Br)cc1C(=O)O)Oc1c(Br)cc(Br)cc1C(=O)O. The summed E-state index contributed by atoms with van der Waals surface area (Å²) in [7, 11) is 0. The number of carbonyl (C=O) groups is 4. The van der Waals surface area contributed by atoms with Gasteiger partial charge in [0.2, 0.25) is 0 Å². The molecule has 8 nitrogen and oxygen atoms in total. The summed E-state index contributed by atoms with van der Waals surface area (Å²) in [6.07, 6.45) is 1.44. The largest absolute Gasteiger partial charge is 0.478 e. The highest BCUT2D eigenvalue weighted by atomic mass is 79.9. The smallest absolute Gasteiger partial charge is 0.339 e. The first-order chi connectivity index (χ1) is 14.0. The predicted octanol–water partition coefficient (Wildman–Crippen LogP) is 5.20. The Kier molecular flexibility index (Phi) is 8.35. The van der Waals surface area contributed by atoms with Crippen LogP contribution in [-0.2, 0) is 9.59 Å². The number of hydrogen-bond donors (Lipinski definition) is 2. The molecule has 0 saturated heterocycles. The van der Waals surface area contributed by atoms with Gasteiger partial charge in [-0.15, -0.1) is 0 Å². The Hall–Kier alpha value is -2.02. The maximum atomic E-state index is 12.0. The van der Waals surface area contributed by atoms with Crippen LogP contribution in [0, 0.1) is 0 Å². The number of rotatable bonds is 6. The number of carboxylic acids is 2. The van der Waals surface area contributed by atoms with Gasteiger partial charge in [-0.3, -0.25) is 0 Å². The van der Waals surface area contributed by atoms with Crippen molar-refractivity contribution >= 4 is 87.6 Å². The second-order valence-electron chi connectivity index (χ2n) is 5.31. The molecule has 30 heavy (non-hydrogen) atoms. The second-order valence-corrected chi connectivity index (χ2v) is 8.85. The molecule has 0 unspecified atom stereocenters. The van der Waals surface area contributed by atoms with Gasteiger partial charge in [-0.25, -0.2) is 19.2 Å². The fraction of sp³-hybridized carbons (Fsp3) is 0. The molecule has 0 fully saturated rings. The highest BCUT2D eigenvalue weighted by Gasteiger charge is 2.20. The number of carboxylic acid groups (broad SMARTS) is 2. The van der Waals surface area contributed by atoms with Gasteiger partial charge in [-0.2, -0.15) is 0 Å². The molecule has 2 aromatic rings. The molecule has 0 amide bonds. The van der Waals surface area contributed by atoms with E-state index in [4.69, 9.17) is 9.47 Å². The van der Waals surface area contributed by atoms with Crippen molar-refractivity contribution in [2.75, 3.05) is 0 Å². The van der Waals surface area contributed by atoms with E-state index in [1.807, 2.05) is 0 Å². The van der Waals surface area contributed by atoms with E-state index in [1.54, 1.807) is 0 Å². The summed E-state index contributed by atoms with van der Waals surface area (Å²) in [5.74, 6) is -5.26. The number of benzene rings is 2. The van der Waals surface area contributed by atoms with Crippen LogP contribution in [0.2, 0.25) is 0 Å². The van der Waals surface area contributed by atoms with Crippen LogP contribution in [-0.4, -0.2) is 34.1 Å². The maximum Gasteiger partial charge on any atom is 0.339 e. The molecule has 0 heterocycles. The van der Waals surface area contributed by atoms with Crippen LogP contribution in [0.15, 0.2) is 54.3 Å². The lowest BCUT2D eigenvalue weighted by Crippen LogP contribution is -2.12. The monoisotopic (exact) mass is 668 g/mol. The summed E-state index contributed by atoms with van der Waals surface area (Å²) in [5, 5.41) is 18.5. The molecule has 0 aliphatic carbocycles. The van der Waals surface area contributed by atoms with E-state index < -0.39 is 23.9 Å². The van der Waals surface area contributed by atoms with Gasteiger partial charge in [0.15, 0.2) is 11.5 Å². The van der Waals surface area contributed by atoms with Crippen LogP contribution in [0.5, 0.6) is 11.5 Å². The summed E-state index contributed by atoms with van der Waals surface area (Å²) in [5.41, 5.74) is -0.573. The zero-order chi connectivity index (χ0) is 22.6. The summed E-state index contributed by atoms with van der Waals surface area (Å²) >= 11 is 12.5. The summed E-state index contributed by atoms with van der Waals surface area (Å²) in [4.78, 5) is 46.7. The van der Waals surface area contributed by atoms with Crippen LogP contribution in [0.25, 0.3) is 0 Å². The first-order valence-corrected chi connectivity index (χ1v) is 10.7. The number of carbonyl (C=O) groups excluding carboxylic acids is 2. The minimum atomic E-state index is -1.33. The van der Waals surface area contributed by atoms with Crippen LogP contribution in [0.1, 0.15) is 20.7 Å². The Morgan fingerprint density at radius 1 is 0.667 bits per heavy atom. The summed E-state index contributed by atoms with van der Waals surface area (Å²) in [6.45, 7) is 0. The van der Waals surface area contributed by atoms with Gasteiger partial charge >= 0.3 is 23.9 Å². The molecule has 0 aromatic heterocycles. The summed E-state index contributed by atoms with van der Waals surface area (Å²) in [6, 6.07) is 5.44. The van der Waals surface area contributed by atoms with Gasteiger partial charge in [-0.1, -0.05) is 31.9 Å². The van der Waals surface area contributed by atoms with Crippen LogP contribution >= 0.6 is 63.7 Å². The second kappa shape index (κ2) is 10.3. The van der Waals surface area contributed by atoms with Crippen molar-refractivity contribution < 1.29 is 38.9 Å². The van der Waals surface area contributed by atoms with Gasteiger partial charge in [0.05, 0.1) is 8.95 Å². The third-order valence-electron chi connectivity index (χ3n) is 3.24. The highest BCUT2D eigenvalue weighted by molar-refractivity contribution is 9.11. The fourth-order valence-corrected chi connectivity index (χ4v) is 4.66. The molecule has 0 radical (unpaired) electrons. The molecule has 0 saturated carbocycles. The molecule has 0 spiro atoms. The molecule has 2 rings (SSSR count). The van der Waals surface area contributed by atoms with Crippen molar-refractivity contribution in [1.82, 2.24) is 0 Å². The van der Waals surface area contributed by atoms with Gasteiger partial charge in [-0.05, 0) is 56.1 Å². The zero-order valence-corrected chi connectivity index (χ0v) is 20.7. The third-order valence-corrected chi connectivity index (χ3v) is 5.33. The first-order valence-electron chi connectivity index (χ1n) is 7.56. The van der Waals surface area contributed by atoms with Crippen molar-refractivity contribution in [3.8, 4) is 11.5 Å². The Balaban J connectivity index is 2.19. The van der Waals surface area contributed by atoms with Crippen molar-refractivity contribution in [3.63, 3.8) is 0 Å². The standard InChI is InChI=1S/C18H8Br4O8/c19-7-3-9(17(25)26)15(11(21)5-7)29-13(23)1-2-14(24)30-16-10(18(27)28)4-8(20)6-12(16)22/h1-6H,(H,25,26)(H,27,28)/b2-1-. The Morgan fingerprint density at radius 3 is 1.30 bits per heavy atom. The maximum absolute atomic E-state index is 12.0. The van der Waals surface area contributed by atoms with Crippen LogP contribution < -0.4 is 9.47 Å². The van der Waals surface area contributed by atoms with E-state index >= 15 is 0 Å². The molecule has 0 aliphatic heterocycles. The minimum absolute atomic E-state index is 0.198. The van der Waals surface area contributed by atoms with E-state index in [-0.39, 0.29) is 31.6 Å². The lowest BCUT2D eigenvalue weighted by atomic mass is 10.2. The molecule has 2 aromatic carbocycles. The molecule has 0 aliphatic rings. The van der Waals surface area contributed by atoms with Crippen LogP contribution in [0.3, 0.4) is 0 Å². The van der Waals surface area contributed by atoms with E-state index in [9.17, 15) is 29.4 Å². The van der Waals surface area contributed by atoms with Crippen molar-refractivity contribution in [2.45, 2.75) is 0 Å². The molecular formula is C18H8Br4O8. The topological polar surface area (TPSA) is 127 Å². The van der Waals surface area contributed by atoms with Gasteiger partial charge in [0, 0.05) is 21.1 Å². The number of aromatic carboxylic acids is 2. The third kappa shape index (κ3) is 6.24. The van der Waals surface area contributed by atoms with Gasteiger partial charge in [0.25, 0.3) is 0 Å². The Morgan fingerprint density at radius 2 is 1.00 bits per heavy atom. The quantitative estimate of drug-likeness (QED) is 0.244. The number of hydrogen-bond acceptors (Lipinski definition) is 6. The van der Waals surface area contributed by atoms with Gasteiger partial charge in [0.1, 0.15) is 11.1 Å². The first kappa shape index (κ1) is 24.3. The minimum Gasteiger partial charge on any atom is -0.478 e. The average molecular weight is 672 g/mol. The molecular weight excluding hydrogens is 664 g/mol. The highest BCUT2D eigenvalue weighted by Crippen LogP contribution is 2.34. The molecule has 0 atom stereocenters. The van der Waals surface area contributed by atoms with Crippen molar-refractivity contribution in [2.24, 2.45) is 0 Å². The lowest BCUT2D eigenvalue weighted by molar-refractivity contribution is -0.131. The van der Waals surface area contributed by atoms with Crippen LogP contribution in [0.4, 0.5) is 0 Å². The molecule has 2 N–H and O–H groups in total. The molecule has 0 bridgehead atoms. The lowest BCUT2D eigenvalue weighted by Gasteiger charge is -2.09. The Labute approximate surface area is 202 Å². The zero-order valence-electron chi connectivity index (χ0n) is 14.3. The number of ether oxygens (including phenoxy) is 2. The van der Waals surface area contributed by atoms with E-state index in [0.717, 1.165) is 12.2 Å². The van der Waals surface area contributed by atoms with E-state index in [2.05, 4.69) is 63.7 Å². The van der Waals surface area contributed by atoms with Crippen molar-refractivity contribution in [3.05, 3.63) is 65.4 Å². The fourth-order valence-electron chi connectivity index (χ4n) is 2.05.